The Bertz CT molecular complexity index is 431. The van der Waals surface area contributed by atoms with E-state index >= 15 is 0 Å². The number of sulfone groups is 1. The minimum atomic E-state index is -3.11. The van der Waals surface area contributed by atoms with E-state index in [2.05, 4.69) is 4.90 Å². The molecule has 0 aromatic rings. The third-order valence-electron chi connectivity index (χ3n) is 3.92. The Balaban J connectivity index is 2.12. The molecule has 2 aliphatic rings. The first-order valence-electron chi connectivity index (χ1n) is 6.60. The average Bonchev–Trinajstić information content (AvgIpc) is 3.09. The zero-order valence-electron chi connectivity index (χ0n) is 11.1. The number of ether oxygens (including phenoxy) is 1. The molecule has 0 bridgehead atoms. The van der Waals surface area contributed by atoms with E-state index in [-0.39, 0.29) is 24.0 Å². The summed E-state index contributed by atoms with van der Waals surface area (Å²) < 4.78 is 28.6. The van der Waals surface area contributed by atoms with Gasteiger partial charge in [-0.2, -0.15) is 0 Å². The van der Waals surface area contributed by atoms with Crippen molar-refractivity contribution >= 4 is 15.8 Å². The van der Waals surface area contributed by atoms with Gasteiger partial charge in [-0.15, -0.1) is 0 Å². The van der Waals surface area contributed by atoms with Gasteiger partial charge >= 0.3 is 5.97 Å². The first-order valence-corrected chi connectivity index (χ1v) is 8.42. The van der Waals surface area contributed by atoms with E-state index in [0.717, 1.165) is 12.8 Å². The summed E-state index contributed by atoms with van der Waals surface area (Å²) in [6, 6.07) is -0.262. The Morgan fingerprint density at radius 3 is 2.68 bits per heavy atom. The summed E-state index contributed by atoms with van der Waals surface area (Å²) in [5, 5.41) is 8.97. The molecular weight excluding hydrogens is 270 g/mol. The summed E-state index contributed by atoms with van der Waals surface area (Å²) in [4.78, 5) is 13.0. The summed E-state index contributed by atoms with van der Waals surface area (Å²) in [6.45, 7) is 0.964. The molecule has 0 radical (unpaired) electrons. The average molecular weight is 291 g/mol. The summed E-state index contributed by atoms with van der Waals surface area (Å²) in [5.74, 6) is -0.349. The van der Waals surface area contributed by atoms with Crippen molar-refractivity contribution in [2.24, 2.45) is 5.92 Å². The highest BCUT2D eigenvalue weighted by Gasteiger charge is 2.42. The van der Waals surface area contributed by atoms with E-state index in [0.29, 0.717) is 19.1 Å². The van der Waals surface area contributed by atoms with E-state index < -0.39 is 21.8 Å². The molecule has 110 valence electrons. The maximum Gasteiger partial charge on any atom is 0.304 e. The van der Waals surface area contributed by atoms with Gasteiger partial charge in [0.05, 0.1) is 24.5 Å². The number of rotatable bonds is 6. The van der Waals surface area contributed by atoms with Gasteiger partial charge in [0.25, 0.3) is 0 Å². The first kappa shape index (κ1) is 14.7. The molecular formula is C12H21NO5S. The highest BCUT2D eigenvalue weighted by atomic mass is 32.2. The molecule has 0 spiro atoms. The van der Waals surface area contributed by atoms with Gasteiger partial charge < -0.3 is 9.84 Å². The molecule has 2 rings (SSSR count). The fourth-order valence-corrected chi connectivity index (χ4v) is 4.42. The third kappa shape index (κ3) is 3.90. The maximum absolute atomic E-state index is 11.7. The normalized spacial score (nSPS) is 29.0. The summed E-state index contributed by atoms with van der Waals surface area (Å²) >= 11 is 0. The van der Waals surface area contributed by atoms with Crippen molar-refractivity contribution in [2.45, 2.75) is 31.3 Å². The predicted molar refractivity (Wildman–Crippen MR) is 69.8 cm³/mol. The number of carboxylic acid groups (broad SMARTS) is 1. The van der Waals surface area contributed by atoms with Crippen molar-refractivity contribution in [1.29, 1.82) is 0 Å². The number of hydrogen-bond donors (Lipinski definition) is 1. The van der Waals surface area contributed by atoms with Crippen LogP contribution in [0.4, 0.5) is 0 Å². The number of carbonyl (C=O) groups is 1. The predicted octanol–water partition coefficient (Wildman–Crippen LogP) is -0.0149. The Hall–Kier alpha value is -0.660. The van der Waals surface area contributed by atoms with Crippen LogP contribution in [0.15, 0.2) is 0 Å². The molecule has 1 saturated carbocycles. The van der Waals surface area contributed by atoms with Crippen molar-refractivity contribution in [1.82, 2.24) is 4.90 Å². The van der Waals surface area contributed by atoms with Gasteiger partial charge in [-0.05, 0) is 18.8 Å². The van der Waals surface area contributed by atoms with Crippen LogP contribution in [0, 0.1) is 5.92 Å². The van der Waals surface area contributed by atoms with Crippen molar-refractivity contribution in [3.05, 3.63) is 0 Å². The van der Waals surface area contributed by atoms with E-state index in [4.69, 9.17) is 9.84 Å². The molecule has 19 heavy (non-hydrogen) atoms. The Kier molecular flexibility index (Phi) is 4.47. The van der Waals surface area contributed by atoms with Gasteiger partial charge in [0.1, 0.15) is 0 Å². The van der Waals surface area contributed by atoms with Crippen LogP contribution >= 0.6 is 0 Å². The Labute approximate surface area is 113 Å². The van der Waals surface area contributed by atoms with Crippen LogP contribution in [-0.2, 0) is 19.4 Å². The number of nitrogens with zero attached hydrogens (tertiary/aromatic N) is 1. The van der Waals surface area contributed by atoms with E-state index in [1.165, 1.54) is 0 Å². The molecule has 2 fully saturated rings. The van der Waals surface area contributed by atoms with Crippen LogP contribution in [0.3, 0.4) is 0 Å². The van der Waals surface area contributed by atoms with Gasteiger partial charge in [-0.25, -0.2) is 8.42 Å². The lowest BCUT2D eigenvalue weighted by molar-refractivity contribution is -0.138. The van der Waals surface area contributed by atoms with Crippen molar-refractivity contribution < 1.29 is 23.1 Å². The molecule has 1 N–H and O–H groups in total. The minimum Gasteiger partial charge on any atom is -0.481 e. The number of carboxylic acids is 1. The number of hydrogen-bond acceptors (Lipinski definition) is 5. The van der Waals surface area contributed by atoms with Crippen LogP contribution in [0.2, 0.25) is 0 Å². The van der Waals surface area contributed by atoms with Crippen molar-refractivity contribution in [3.8, 4) is 0 Å². The van der Waals surface area contributed by atoms with E-state index in [1.54, 1.807) is 7.11 Å². The van der Waals surface area contributed by atoms with Crippen LogP contribution in [0.5, 0.6) is 0 Å². The van der Waals surface area contributed by atoms with Gasteiger partial charge in [0.15, 0.2) is 9.84 Å². The second kappa shape index (κ2) is 5.76. The lowest BCUT2D eigenvalue weighted by Gasteiger charge is -2.40. The van der Waals surface area contributed by atoms with Crippen LogP contribution in [0.1, 0.15) is 19.3 Å². The number of aliphatic carboxylic acids is 1. The van der Waals surface area contributed by atoms with Gasteiger partial charge in [-0.3, -0.25) is 9.69 Å². The monoisotopic (exact) mass is 291 g/mol. The Morgan fingerprint density at radius 2 is 2.16 bits per heavy atom. The van der Waals surface area contributed by atoms with Crippen LogP contribution < -0.4 is 0 Å². The van der Waals surface area contributed by atoms with Crippen molar-refractivity contribution in [3.63, 3.8) is 0 Å². The smallest absolute Gasteiger partial charge is 0.304 e. The minimum absolute atomic E-state index is 0.0494. The van der Waals surface area contributed by atoms with E-state index in [1.807, 2.05) is 0 Å². The molecule has 1 saturated heterocycles. The van der Waals surface area contributed by atoms with Crippen LogP contribution in [-0.4, -0.2) is 68.2 Å². The van der Waals surface area contributed by atoms with Crippen LogP contribution in [0.25, 0.3) is 0 Å². The third-order valence-corrected chi connectivity index (χ3v) is 5.61. The number of methoxy groups -OCH3 is 1. The Morgan fingerprint density at radius 1 is 1.47 bits per heavy atom. The van der Waals surface area contributed by atoms with Gasteiger partial charge in [0, 0.05) is 25.7 Å². The lowest BCUT2D eigenvalue weighted by atomic mass is 10.1. The molecule has 1 aliphatic heterocycles. The van der Waals surface area contributed by atoms with Gasteiger partial charge in [-0.1, -0.05) is 0 Å². The summed E-state index contributed by atoms with van der Waals surface area (Å²) in [7, 11) is -1.48. The zero-order chi connectivity index (χ0) is 14.0. The SMILES string of the molecule is COCC(C1CC1)N1CCS(=O)(=O)CC1CC(=O)O. The lowest BCUT2D eigenvalue weighted by Crippen LogP contribution is -2.55. The second-order valence-corrected chi connectivity index (χ2v) is 7.69. The molecule has 1 heterocycles. The highest BCUT2D eigenvalue weighted by molar-refractivity contribution is 7.91. The topological polar surface area (TPSA) is 83.9 Å². The zero-order valence-corrected chi connectivity index (χ0v) is 11.9. The molecule has 7 heteroatoms. The van der Waals surface area contributed by atoms with Crippen molar-refractivity contribution in [2.75, 3.05) is 31.8 Å². The fourth-order valence-electron chi connectivity index (χ4n) is 2.87. The standard InChI is InChI=1S/C12H21NO5S/c1-18-7-11(9-2-3-9)13-4-5-19(16,17)8-10(13)6-12(14)15/h9-11H,2-8H2,1H3,(H,14,15). The second-order valence-electron chi connectivity index (χ2n) is 5.46. The first-order chi connectivity index (χ1) is 8.93. The quantitative estimate of drug-likeness (QED) is 0.741. The van der Waals surface area contributed by atoms with E-state index in [9.17, 15) is 13.2 Å². The largest absolute Gasteiger partial charge is 0.481 e. The molecule has 2 atom stereocenters. The fraction of sp³-hybridized carbons (Fsp3) is 0.917. The molecule has 1 aliphatic carbocycles. The molecule has 2 unspecified atom stereocenters. The maximum atomic E-state index is 11.7. The summed E-state index contributed by atoms with van der Waals surface area (Å²) in [5.41, 5.74) is 0. The summed E-state index contributed by atoms with van der Waals surface area (Å²) in [6.07, 6.45) is 2.13. The molecule has 0 amide bonds. The molecule has 6 nitrogen and oxygen atoms in total. The molecule has 0 aromatic carbocycles. The highest BCUT2D eigenvalue weighted by Crippen LogP contribution is 2.37. The van der Waals surface area contributed by atoms with Gasteiger partial charge in [0.2, 0.25) is 0 Å². The molecule has 0 aromatic heterocycles.